The van der Waals surface area contributed by atoms with Gasteiger partial charge in [0, 0.05) is 12.3 Å². The van der Waals surface area contributed by atoms with Gasteiger partial charge in [0.2, 0.25) is 0 Å². The lowest BCUT2D eigenvalue weighted by atomic mass is 9.35. The van der Waals surface area contributed by atoms with Crippen molar-refractivity contribution in [2.24, 2.45) is 56.7 Å². The Labute approximate surface area is 210 Å². The summed E-state index contributed by atoms with van der Waals surface area (Å²) in [5, 5.41) is 0. The van der Waals surface area contributed by atoms with E-state index in [-0.39, 0.29) is 22.9 Å². The molecular weight excluding hydrogens is 416 g/mol. The standard InChI is InChI=1S/C32H52O2/c1-20(2)22-10-13-26-30(22,7)18-19-31(8)24-11-12-25-28(4,5)27(34-21(3)33)15-16-29(25,6)23(24)14-17-32(26,31)9/h14,20,22,24-27H,10-13,15-19H2,1-9H3/t22?,24?,25?,26?,27?,29-,30+,31+,32-/m1/s1. The molecule has 4 saturated carbocycles. The van der Waals surface area contributed by atoms with Gasteiger partial charge in [-0.15, -0.1) is 0 Å². The van der Waals surface area contributed by atoms with Crippen LogP contribution in [-0.4, -0.2) is 12.1 Å². The molecule has 5 aliphatic carbocycles. The van der Waals surface area contributed by atoms with Gasteiger partial charge in [-0.2, -0.15) is 0 Å². The van der Waals surface area contributed by atoms with E-state index >= 15 is 0 Å². The van der Waals surface area contributed by atoms with E-state index in [1.165, 1.54) is 51.4 Å². The molecule has 2 nitrogen and oxygen atoms in total. The predicted octanol–water partition coefficient (Wildman–Crippen LogP) is 8.60. The molecule has 9 atom stereocenters. The quantitative estimate of drug-likeness (QED) is 0.299. The summed E-state index contributed by atoms with van der Waals surface area (Å²) < 4.78 is 5.89. The minimum absolute atomic E-state index is 0.0349. The second-order valence-corrected chi connectivity index (χ2v) is 15.2. The summed E-state index contributed by atoms with van der Waals surface area (Å²) in [6, 6.07) is 0. The molecule has 0 N–H and O–H groups in total. The van der Waals surface area contributed by atoms with Crippen LogP contribution in [-0.2, 0) is 9.53 Å². The maximum absolute atomic E-state index is 11.9. The fourth-order valence-electron chi connectivity index (χ4n) is 11.6. The molecule has 0 amide bonds. The maximum atomic E-state index is 11.9. The number of esters is 1. The van der Waals surface area contributed by atoms with Crippen molar-refractivity contribution >= 4 is 5.97 Å². The van der Waals surface area contributed by atoms with Gasteiger partial charge in [-0.05, 0) is 109 Å². The highest BCUT2D eigenvalue weighted by Gasteiger charge is 2.68. The molecule has 0 aliphatic heterocycles. The molecule has 4 fully saturated rings. The number of ether oxygens (including phenoxy) is 1. The maximum Gasteiger partial charge on any atom is 0.302 e. The van der Waals surface area contributed by atoms with E-state index in [1.807, 2.05) is 0 Å². The zero-order chi connectivity index (χ0) is 24.9. The summed E-state index contributed by atoms with van der Waals surface area (Å²) in [5.74, 6) is 3.79. The largest absolute Gasteiger partial charge is 0.462 e. The van der Waals surface area contributed by atoms with Crippen molar-refractivity contribution in [1.29, 1.82) is 0 Å². The summed E-state index contributed by atoms with van der Waals surface area (Å²) in [5.41, 5.74) is 3.46. The molecule has 2 heteroatoms. The molecule has 0 aromatic carbocycles. The summed E-state index contributed by atoms with van der Waals surface area (Å²) in [6.07, 6.45) is 14.6. The summed E-state index contributed by atoms with van der Waals surface area (Å²) in [6.45, 7) is 22.0. The second kappa shape index (κ2) is 7.61. The third-order valence-corrected chi connectivity index (χ3v) is 13.5. The summed E-state index contributed by atoms with van der Waals surface area (Å²) in [7, 11) is 0. The highest BCUT2D eigenvalue weighted by Crippen LogP contribution is 2.76. The van der Waals surface area contributed by atoms with E-state index in [1.54, 1.807) is 12.5 Å². The van der Waals surface area contributed by atoms with Crippen LogP contribution in [0.5, 0.6) is 0 Å². The highest BCUT2D eigenvalue weighted by molar-refractivity contribution is 5.66. The van der Waals surface area contributed by atoms with Crippen LogP contribution in [0.15, 0.2) is 11.6 Å². The van der Waals surface area contributed by atoms with Crippen LogP contribution in [0, 0.1) is 56.7 Å². The number of fused-ring (bicyclic) bond motifs is 7. The van der Waals surface area contributed by atoms with Crippen LogP contribution in [0.4, 0.5) is 0 Å². The monoisotopic (exact) mass is 468 g/mol. The predicted molar refractivity (Wildman–Crippen MR) is 140 cm³/mol. The van der Waals surface area contributed by atoms with E-state index in [0.717, 1.165) is 30.1 Å². The van der Waals surface area contributed by atoms with Gasteiger partial charge in [0.1, 0.15) is 6.10 Å². The number of carbonyl (C=O) groups excluding carboxylic acids is 1. The van der Waals surface area contributed by atoms with Crippen molar-refractivity contribution in [1.82, 2.24) is 0 Å². The molecular formula is C32H52O2. The van der Waals surface area contributed by atoms with E-state index in [9.17, 15) is 4.79 Å². The van der Waals surface area contributed by atoms with Gasteiger partial charge in [0.25, 0.3) is 0 Å². The molecule has 5 aliphatic rings. The Morgan fingerprint density at radius 3 is 2.21 bits per heavy atom. The minimum Gasteiger partial charge on any atom is -0.462 e. The molecule has 0 saturated heterocycles. The van der Waals surface area contributed by atoms with Crippen LogP contribution in [0.2, 0.25) is 0 Å². The molecule has 0 bridgehead atoms. The number of rotatable bonds is 2. The van der Waals surface area contributed by atoms with E-state index in [2.05, 4.69) is 61.5 Å². The van der Waals surface area contributed by atoms with Crippen molar-refractivity contribution in [3.8, 4) is 0 Å². The molecule has 192 valence electrons. The van der Waals surface area contributed by atoms with Crippen LogP contribution in [0.3, 0.4) is 0 Å². The topological polar surface area (TPSA) is 26.3 Å². The molecule has 0 radical (unpaired) electrons. The summed E-state index contributed by atoms with van der Waals surface area (Å²) in [4.78, 5) is 11.9. The third-order valence-electron chi connectivity index (χ3n) is 13.5. The van der Waals surface area contributed by atoms with Gasteiger partial charge in [-0.3, -0.25) is 4.79 Å². The van der Waals surface area contributed by atoms with Gasteiger partial charge in [0.15, 0.2) is 0 Å². The van der Waals surface area contributed by atoms with E-state index in [0.29, 0.717) is 22.2 Å². The first kappa shape index (κ1) is 24.9. The van der Waals surface area contributed by atoms with Crippen molar-refractivity contribution in [2.45, 2.75) is 126 Å². The van der Waals surface area contributed by atoms with Gasteiger partial charge in [-0.1, -0.05) is 67.0 Å². The normalized spacial score (nSPS) is 51.6. The first-order valence-corrected chi connectivity index (χ1v) is 14.6. The van der Waals surface area contributed by atoms with Gasteiger partial charge in [-0.25, -0.2) is 0 Å². The van der Waals surface area contributed by atoms with Gasteiger partial charge in [0.05, 0.1) is 0 Å². The zero-order valence-electron chi connectivity index (χ0n) is 23.7. The molecule has 0 aromatic heterocycles. The number of hydrogen-bond donors (Lipinski definition) is 0. The minimum atomic E-state index is -0.114. The Hall–Kier alpha value is -0.790. The Morgan fingerprint density at radius 1 is 0.882 bits per heavy atom. The van der Waals surface area contributed by atoms with Crippen LogP contribution in [0.1, 0.15) is 120 Å². The van der Waals surface area contributed by atoms with Crippen molar-refractivity contribution in [3.63, 3.8) is 0 Å². The first-order valence-electron chi connectivity index (χ1n) is 14.6. The van der Waals surface area contributed by atoms with Gasteiger partial charge >= 0.3 is 5.97 Å². The van der Waals surface area contributed by atoms with Crippen molar-refractivity contribution < 1.29 is 9.53 Å². The van der Waals surface area contributed by atoms with Crippen molar-refractivity contribution in [3.05, 3.63) is 11.6 Å². The molecule has 0 heterocycles. The molecule has 5 rings (SSSR count). The lowest BCUT2D eigenvalue weighted by Gasteiger charge is -2.69. The van der Waals surface area contributed by atoms with E-state index in [4.69, 9.17) is 4.74 Å². The molecule has 0 spiro atoms. The fraction of sp³-hybridized carbons (Fsp3) is 0.906. The van der Waals surface area contributed by atoms with Crippen LogP contribution < -0.4 is 0 Å². The zero-order valence-corrected chi connectivity index (χ0v) is 23.7. The third kappa shape index (κ3) is 3.01. The molecule has 5 unspecified atom stereocenters. The summed E-state index contributed by atoms with van der Waals surface area (Å²) >= 11 is 0. The Balaban J connectivity index is 1.51. The molecule has 0 aromatic rings. The van der Waals surface area contributed by atoms with Gasteiger partial charge < -0.3 is 4.74 Å². The molecule has 34 heavy (non-hydrogen) atoms. The average molecular weight is 469 g/mol. The SMILES string of the molecule is CC(=O)OC1CC[C@]2(C)C3=CC[C@]4(C)C5CCC(C(C)C)[C@]5(C)CC[C@@]4(C)C3CCC2C1(C)C. The number of carbonyl (C=O) groups is 1. The van der Waals surface area contributed by atoms with Crippen LogP contribution >= 0.6 is 0 Å². The average Bonchev–Trinajstić information content (AvgIpc) is 3.10. The Kier molecular flexibility index (Phi) is 5.57. The van der Waals surface area contributed by atoms with Crippen LogP contribution in [0.25, 0.3) is 0 Å². The Morgan fingerprint density at radius 2 is 1.56 bits per heavy atom. The highest BCUT2D eigenvalue weighted by atomic mass is 16.5. The van der Waals surface area contributed by atoms with Crippen molar-refractivity contribution in [2.75, 3.05) is 0 Å². The first-order chi connectivity index (χ1) is 15.7. The number of hydrogen-bond acceptors (Lipinski definition) is 2. The smallest absolute Gasteiger partial charge is 0.302 e. The van der Waals surface area contributed by atoms with E-state index < -0.39 is 0 Å². The second-order valence-electron chi connectivity index (χ2n) is 15.2. The fourth-order valence-corrected chi connectivity index (χ4v) is 11.6. The lowest BCUT2D eigenvalue weighted by molar-refractivity contribution is -0.179. The number of allylic oxidation sites excluding steroid dienone is 2. The lowest BCUT2D eigenvalue weighted by Crippen LogP contribution is -2.62. The Bertz CT molecular complexity index is 883.